The standard InChI is InChI=1S/C23H33N3O3/c1-17(18-8-6-5-7-9-18)26-16-19(14-20(26)27)22(29)25-12-10-24(11-13-25)21(28)15-23(2,3)4/h5-9,17,19H,10-16H2,1-4H3. The van der Waals surface area contributed by atoms with Crippen LogP contribution in [0.5, 0.6) is 0 Å². The highest BCUT2D eigenvalue weighted by atomic mass is 16.2. The largest absolute Gasteiger partial charge is 0.339 e. The van der Waals surface area contributed by atoms with Gasteiger partial charge in [-0.2, -0.15) is 0 Å². The lowest BCUT2D eigenvalue weighted by molar-refractivity contribution is -0.142. The van der Waals surface area contributed by atoms with Gasteiger partial charge in [-0.15, -0.1) is 0 Å². The van der Waals surface area contributed by atoms with Crippen molar-refractivity contribution in [1.82, 2.24) is 14.7 Å². The Morgan fingerprint density at radius 2 is 1.62 bits per heavy atom. The summed E-state index contributed by atoms with van der Waals surface area (Å²) < 4.78 is 0. The summed E-state index contributed by atoms with van der Waals surface area (Å²) in [4.78, 5) is 43.5. The van der Waals surface area contributed by atoms with Crippen LogP contribution >= 0.6 is 0 Å². The van der Waals surface area contributed by atoms with E-state index in [2.05, 4.69) is 20.8 Å². The summed E-state index contributed by atoms with van der Waals surface area (Å²) in [5, 5.41) is 0. The van der Waals surface area contributed by atoms with Crippen molar-refractivity contribution in [3.63, 3.8) is 0 Å². The summed E-state index contributed by atoms with van der Waals surface area (Å²) in [6.45, 7) is 10.9. The van der Waals surface area contributed by atoms with Gasteiger partial charge in [0.1, 0.15) is 0 Å². The summed E-state index contributed by atoms with van der Waals surface area (Å²) in [6, 6.07) is 9.89. The molecule has 2 fully saturated rings. The van der Waals surface area contributed by atoms with Crippen molar-refractivity contribution >= 4 is 17.7 Å². The molecule has 2 aliphatic heterocycles. The smallest absolute Gasteiger partial charge is 0.228 e. The molecule has 6 nitrogen and oxygen atoms in total. The van der Waals surface area contributed by atoms with Gasteiger partial charge < -0.3 is 14.7 Å². The number of likely N-dealkylation sites (tertiary alicyclic amines) is 1. The van der Waals surface area contributed by atoms with Gasteiger partial charge in [0.05, 0.1) is 12.0 Å². The summed E-state index contributed by atoms with van der Waals surface area (Å²) >= 11 is 0. The van der Waals surface area contributed by atoms with E-state index in [1.54, 1.807) is 0 Å². The lowest BCUT2D eigenvalue weighted by Gasteiger charge is -2.37. The summed E-state index contributed by atoms with van der Waals surface area (Å²) in [5.41, 5.74) is 1.05. The van der Waals surface area contributed by atoms with Crippen molar-refractivity contribution in [2.45, 2.75) is 46.6 Å². The summed E-state index contributed by atoms with van der Waals surface area (Å²) in [5.74, 6) is -0.0447. The summed E-state index contributed by atoms with van der Waals surface area (Å²) in [6.07, 6.45) is 0.795. The van der Waals surface area contributed by atoms with Crippen molar-refractivity contribution in [2.24, 2.45) is 11.3 Å². The third kappa shape index (κ3) is 5.17. The van der Waals surface area contributed by atoms with Crippen LogP contribution < -0.4 is 0 Å². The summed E-state index contributed by atoms with van der Waals surface area (Å²) in [7, 11) is 0. The van der Waals surface area contributed by atoms with Crippen molar-refractivity contribution in [3.05, 3.63) is 35.9 Å². The molecule has 0 spiro atoms. The van der Waals surface area contributed by atoms with E-state index in [0.29, 0.717) is 39.1 Å². The van der Waals surface area contributed by atoms with Crippen LogP contribution in [-0.4, -0.2) is 65.1 Å². The monoisotopic (exact) mass is 399 g/mol. The van der Waals surface area contributed by atoms with Crippen LogP contribution in [-0.2, 0) is 14.4 Å². The fourth-order valence-electron chi connectivity index (χ4n) is 4.18. The van der Waals surface area contributed by atoms with Gasteiger partial charge in [0.15, 0.2) is 0 Å². The first-order chi connectivity index (χ1) is 13.7. The number of hydrogen-bond acceptors (Lipinski definition) is 3. The maximum atomic E-state index is 13.0. The molecule has 3 rings (SSSR count). The van der Waals surface area contributed by atoms with Gasteiger partial charge in [-0.3, -0.25) is 14.4 Å². The van der Waals surface area contributed by atoms with Crippen LogP contribution in [0.3, 0.4) is 0 Å². The fourth-order valence-corrected chi connectivity index (χ4v) is 4.18. The number of nitrogens with zero attached hydrogens (tertiary/aromatic N) is 3. The second-order valence-corrected chi connectivity index (χ2v) is 9.48. The van der Waals surface area contributed by atoms with E-state index < -0.39 is 0 Å². The molecule has 2 heterocycles. The van der Waals surface area contributed by atoms with Gasteiger partial charge in [0.2, 0.25) is 17.7 Å². The molecule has 0 saturated carbocycles. The molecule has 1 aromatic carbocycles. The van der Waals surface area contributed by atoms with Gasteiger partial charge in [-0.1, -0.05) is 51.1 Å². The zero-order chi connectivity index (χ0) is 21.2. The zero-order valence-corrected chi connectivity index (χ0v) is 18.1. The molecule has 29 heavy (non-hydrogen) atoms. The maximum Gasteiger partial charge on any atom is 0.228 e. The van der Waals surface area contributed by atoms with Crippen LogP contribution in [0.4, 0.5) is 0 Å². The van der Waals surface area contributed by atoms with Crippen LogP contribution in [0.15, 0.2) is 30.3 Å². The molecule has 0 N–H and O–H groups in total. The van der Waals surface area contributed by atoms with E-state index in [1.165, 1.54) is 0 Å². The average molecular weight is 400 g/mol. The Morgan fingerprint density at radius 1 is 1.03 bits per heavy atom. The number of carbonyl (C=O) groups is 3. The van der Waals surface area contributed by atoms with Crippen LogP contribution in [0.25, 0.3) is 0 Å². The van der Waals surface area contributed by atoms with Gasteiger partial charge in [0, 0.05) is 45.6 Å². The molecule has 2 atom stereocenters. The van der Waals surface area contributed by atoms with E-state index in [-0.39, 0.29) is 41.5 Å². The number of piperazine rings is 1. The normalized spacial score (nSPS) is 21.4. The quantitative estimate of drug-likeness (QED) is 0.782. The van der Waals surface area contributed by atoms with E-state index in [0.717, 1.165) is 5.56 Å². The molecule has 3 amide bonds. The molecule has 0 bridgehead atoms. The van der Waals surface area contributed by atoms with E-state index in [1.807, 2.05) is 52.0 Å². The number of carbonyl (C=O) groups excluding carboxylic acids is 3. The Balaban J connectivity index is 1.54. The highest BCUT2D eigenvalue weighted by Gasteiger charge is 2.39. The number of amides is 3. The Hall–Kier alpha value is -2.37. The highest BCUT2D eigenvalue weighted by molar-refractivity contribution is 5.89. The van der Waals surface area contributed by atoms with E-state index in [9.17, 15) is 14.4 Å². The molecular formula is C23H33N3O3. The maximum absolute atomic E-state index is 13.0. The molecule has 0 aliphatic carbocycles. The molecule has 1 aromatic rings. The van der Waals surface area contributed by atoms with Crippen LogP contribution in [0.1, 0.15) is 52.1 Å². The number of rotatable bonds is 4. The Kier molecular flexibility index (Phi) is 6.30. The van der Waals surface area contributed by atoms with Crippen molar-refractivity contribution < 1.29 is 14.4 Å². The molecule has 0 radical (unpaired) electrons. The van der Waals surface area contributed by atoms with Crippen LogP contribution in [0, 0.1) is 11.3 Å². The minimum absolute atomic E-state index is 0.0339. The second kappa shape index (κ2) is 8.56. The Bertz CT molecular complexity index is 748. The molecule has 0 aromatic heterocycles. The third-order valence-corrected chi connectivity index (χ3v) is 5.88. The Labute approximate surface area is 173 Å². The van der Waals surface area contributed by atoms with Crippen molar-refractivity contribution in [3.8, 4) is 0 Å². The first kappa shape index (κ1) is 21.3. The lowest BCUT2D eigenvalue weighted by atomic mass is 9.91. The second-order valence-electron chi connectivity index (χ2n) is 9.48. The van der Waals surface area contributed by atoms with E-state index in [4.69, 9.17) is 0 Å². The third-order valence-electron chi connectivity index (χ3n) is 5.88. The van der Waals surface area contributed by atoms with Gasteiger partial charge in [0.25, 0.3) is 0 Å². The topological polar surface area (TPSA) is 60.9 Å². The molecule has 2 unspecified atom stereocenters. The molecule has 2 saturated heterocycles. The van der Waals surface area contributed by atoms with Gasteiger partial charge in [-0.05, 0) is 17.9 Å². The predicted octanol–water partition coefficient (Wildman–Crippen LogP) is 2.70. The minimum Gasteiger partial charge on any atom is -0.339 e. The van der Waals surface area contributed by atoms with E-state index >= 15 is 0 Å². The number of hydrogen-bond donors (Lipinski definition) is 0. The van der Waals surface area contributed by atoms with Crippen molar-refractivity contribution in [1.29, 1.82) is 0 Å². The first-order valence-corrected chi connectivity index (χ1v) is 10.6. The lowest BCUT2D eigenvalue weighted by Crippen LogP contribution is -2.52. The highest BCUT2D eigenvalue weighted by Crippen LogP contribution is 2.29. The Morgan fingerprint density at radius 3 is 2.21 bits per heavy atom. The minimum atomic E-state index is -0.287. The van der Waals surface area contributed by atoms with Crippen LogP contribution in [0.2, 0.25) is 0 Å². The molecular weight excluding hydrogens is 366 g/mol. The molecule has 6 heteroatoms. The fraction of sp³-hybridized carbons (Fsp3) is 0.609. The van der Waals surface area contributed by atoms with Gasteiger partial charge >= 0.3 is 0 Å². The number of benzene rings is 1. The average Bonchev–Trinajstić information content (AvgIpc) is 3.08. The SMILES string of the molecule is CC(c1ccccc1)N1CC(C(=O)N2CCN(C(=O)CC(C)(C)C)CC2)CC1=O. The zero-order valence-electron chi connectivity index (χ0n) is 18.1. The molecule has 2 aliphatic rings. The first-order valence-electron chi connectivity index (χ1n) is 10.6. The van der Waals surface area contributed by atoms with Gasteiger partial charge in [-0.25, -0.2) is 0 Å². The predicted molar refractivity (Wildman–Crippen MR) is 112 cm³/mol. The molecule has 158 valence electrons. The van der Waals surface area contributed by atoms with Crippen molar-refractivity contribution in [2.75, 3.05) is 32.7 Å².